The van der Waals surface area contributed by atoms with Gasteiger partial charge in [0.2, 0.25) is 17.7 Å². The molecule has 0 aliphatic carbocycles. The van der Waals surface area contributed by atoms with Crippen molar-refractivity contribution in [3.05, 3.63) is 88.2 Å². The highest BCUT2D eigenvalue weighted by Crippen LogP contribution is 2.45. The number of carboxylic acids is 1. The Morgan fingerprint density at radius 2 is 1.48 bits per heavy atom. The number of ether oxygens (including phenoxy) is 2. The van der Waals surface area contributed by atoms with Crippen LogP contribution in [0.15, 0.2) is 54.6 Å². The number of carbonyl (C=O) groups excluding carboxylic acids is 4. The molecule has 4 bridgehead atoms. The number of hydrogen-bond acceptors (Lipinski definition) is 16. The van der Waals surface area contributed by atoms with Gasteiger partial charge in [-0.2, -0.15) is 13.1 Å². The molecule has 23 nitrogen and oxygen atoms in total. The summed E-state index contributed by atoms with van der Waals surface area (Å²) < 4.78 is 38.4. The number of aryl methyl sites for hydroxylation is 2. The zero-order valence-electron chi connectivity index (χ0n) is 40.3. The molecule has 0 radical (unpaired) electrons. The number of aromatic hydroxyl groups is 1. The van der Waals surface area contributed by atoms with Gasteiger partial charge in [-0.1, -0.05) is 51.1 Å². The minimum atomic E-state index is -4.52. The fraction of sp³-hybridized carbons (Fsp3) is 0.426. The normalized spacial score (nSPS) is 17.7. The summed E-state index contributed by atoms with van der Waals surface area (Å²) in [5.41, 5.74) is 13.4. The Kier molecular flexibility index (Phi) is 17.8. The van der Waals surface area contributed by atoms with Gasteiger partial charge in [0, 0.05) is 49.8 Å². The van der Waals surface area contributed by atoms with Crippen LogP contribution in [0.25, 0.3) is 22.5 Å². The standard InChI is InChI=1S/C47H62N10O13S/c1-23-38(24(2)53-41(52-23)27-9-11-29(12-10-27)47(4,5)6)43(62)56-35(20-51-71(50,67)68)45(64)57(7)39-28-16-33(40(60)37(17-28)70-22-31(59)19-49)32-14-26(8-13-36(32)69-21-30(58)18-48)15-34(46(65)66)55-42(61)25(3)54-44(39)63/h8-14,16-17,25,30-31,34-35,39,51,58-60H,15,18-22,48-49H2,1-7H3,(H,54,63)(H,55,61)(H,56,62)(H,65,66)(H2,50,67,68)/t25-,30+,31+,34-,35-,39-/m0/s1. The van der Waals surface area contributed by atoms with Crippen molar-refractivity contribution in [2.75, 3.05) is 39.9 Å². The minimum Gasteiger partial charge on any atom is -0.504 e. The van der Waals surface area contributed by atoms with Crippen LogP contribution < -0.4 is 46.8 Å². The molecule has 0 spiro atoms. The smallest absolute Gasteiger partial charge is 0.326 e. The monoisotopic (exact) mass is 1010 g/mol. The molecule has 1 aliphatic heterocycles. The largest absolute Gasteiger partial charge is 0.504 e. The number of phenolic OH excluding ortho intramolecular Hbond substituents is 1. The van der Waals surface area contributed by atoms with Gasteiger partial charge in [-0.15, -0.1) is 0 Å². The molecule has 5 rings (SSSR count). The lowest BCUT2D eigenvalue weighted by molar-refractivity contribution is -0.143. The Morgan fingerprint density at radius 1 is 0.887 bits per heavy atom. The summed E-state index contributed by atoms with van der Waals surface area (Å²) in [6, 6.07) is 7.77. The molecule has 384 valence electrons. The fourth-order valence-electron chi connectivity index (χ4n) is 7.59. The molecule has 6 atom stereocenters. The first kappa shape index (κ1) is 55.1. The second kappa shape index (κ2) is 23.0. The number of carbonyl (C=O) groups is 5. The third-order valence-corrected chi connectivity index (χ3v) is 12.1. The SMILES string of the molecule is Cc1nc(-c2ccc(C(C)(C)C)cc2)nc(C)c1C(=O)N[C@@H](CNS(N)(=O)=O)C(=O)N(C)[C@@H]1C(=O)N[C@@H](C)C(=O)N[C@H](C(=O)O)Cc2ccc(OC[C@H](O)CN)c(c2)-c2cc1cc(OC[C@H](O)CN)c2O. The van der Waals surface area contributed by atoms with Crippen LogP contribution in [-0.4, -0.2) is 144 Å². The van der Waals surface area contributed by atoms with E-state index in [0.29, 0.717) is 17.0 Å². The lowest BCUT2D eigenvalue weighted by Gasteiger charge is -2.33. The van der Waals surface area contributed by atoms with Crippen LogP contribution in [0.5, 0.6) is 17.2 Å². The second-order valence-electron chi connectivity index (χ2n) is 18.2. The fourth-order valence-corrected chi connectivity index (χ4v) is 7.99. The summed E-state index contributed by atoms with van der Waals surface area (Å²) >= 11 is 0. The van der Waals surface area contributed by atoms with Crippen LogP contribution in [0.3, 0.4) is 0 Å². The van der Waals surface area contributed by atoms with E-state index < -0.39 is 95.1 Å². The van der Waals surface area contributed by atoms with Crippen LogP contribution in [0.4, 0.5) is 0 Å². The topological polar surface area (TPSA) is 374 Å². The maximum Gasteiger partial charge on any atom is 0.326 e. The first-order chi connectivity index (χ1) is 33.2. The van der Waals surface area contributed by atoms with Crippen LogP contribution in [0, 0.1) is 13.8 Å². The highest BCUT2D eigenvalue weighted by atomic mass is 32.2. The van der Waals surface area contributed by atoms with Crippen molar-refractivity contribution < 1.29 is 62.3 Å². The third kappa shape index (κ3) is 14.0. The van der Waals surface area contributed by atoms with E-state index in [1.807, 2.05) is 29.0 Å². The predicted molar refractivity (Wildman–Crippen MR) is 259 cm³/mol. The number of hydrogen-bond donors (Lipinski definition) is 11. The highest BCUT2D eigenvalue weighted by molar-refractivity contribution is 7.87. The summed E-state index contributed by atoms with van der Waals surface area (Å²) in [4.78, 5) is 79.9. The van der Waals surface area contributed by atoms with Crippen LogP contribution in [0.1, 0.15) is 72.2 Å². The van der Waals surface area contributed by atoms with E-state index in [0.717, 1.165) is 17.5 Å². The van der Waals surface area contributed by atoms with Gasteiger partial charge in [-0.25, -0.2) is 19.9 Å². The van der Waals surface area contributed by atoms with Crippen molar-refractivity contribution in [2.24, 2.45) is 16.6 Å². The van der Waals surface area contributed by atoms with Crippen LogP contribution >= 0.6 is 0 Å². The number of benzene rings is 3. The van der Waals surface area contributed by atoms with Gasteiger partial charge in [0.15, 0.2) is 17.3 Å². The Labute approximate surface area is 410 Å². The number of aliphatic hydroxyl groups excluding tert-OH is 2. The average molecular weight is 1010 g/mol. The van der Waals surface area contributed by atoms with Gasteiger partial charge >= 0.3 is 5.97 Å². The quantitative estimate of drug-likeness (QED) is 0.0638. The Morgan fingerprint density at radius 3 is 2.03 bits per heavy atom. The summed E-state index contributed by atoms with van der Waals surface area (Å²) in [7, 11) is -3.37. The molecule has 14 N–H and O–H groups in total. The van der Waals surface area contributed by atoms with Crippen molar-refractivity contribution in [1.82, 2.24) is 35.5 Å². The number of phenols is 1. The first-order valence-electron chi connectivity index (χ1n) is 22.4. The maximum atomic E-state index is 14.9. The molecular weight excluding hydrogens is 945 g/mol. The summed E-state index contributed by atoms with van der Waals surface area (Å²) in [5, 5.41) is 55.5. The van der Waals surface area contributed by atoms with Gasteiger partial charge < -0.3 is 62.2 Å². The third-order valence-electron chi connectivity index (χ3n) is 11.5. The molecule has 0 fully saturated rings. The number of aromatic nitrogens is 2. The van der Waals surface area contributed by atoms with E-state index in [1.54, 1.807) is 13.8 Å². The molecule has 71 heavy (non-hydrogen) atoms. The molecule has 4 aromatic rings. The summed E-state index contributed by atoms with van der Waals surface area (Å²) in [6.07, 6.45) is -2.70. The number of nitrogens with zero attached hydrogens (tertiary/aromatic N) is 3. The van der Waals surface area contributed by atoms with Crippen molar-refractivity contribution in [1.29, 1.82) is 0 Å². The van der Waals surface area contributed by atoms with E-state index >= 15 is 0 Å². The summed E-state index contributed by atoms with van der Waals surface area (Å²) in [5.74, 6) is -6.04. The molecule has 4 amide bonds. The molecule has 1 aliphatic rings. The van der Waals surface area contributed by atoms with Gasteiger partial charge in [-0.3, -0.25) is 19.2 Å². The second-order valence-corrected chi connectivity index (χ2v) is 19.6. The molecule has 1 aromatic heterocycles. The Balaban J connectivity index is 1.67. The van der Waals surface area contributed by atoms with Crippen molar-refractivity contribution >= 4 is 39.8 Å². The number of amides is 4. The molecule has 0 unspecified atom stereocenters. The number of aliphatic hydroxyl groups is 2. The maximum absolute atomic E-state index is 14.9. The van der Waals surface area contributed by atoms with Crippen molar-refractivity contribution in [2.45, 2.75) is 89.8 Å². The van der Waals surface area contributed by atoms with Crippen LogP contribution in [-0.2, 0) is 41.2 Å². The van der Waals surface area contributed by atoms with Crippen molar-refractivity contribution in [3.8, 4) is 39.8 Å². The van der Waals surface area contributed by atoms with Gasteiger partial charge in [0.05, 0.1) is 17.0 Å². The number of nitrogens with two attached hydrogens (primary N) is 3. The van der Waals surface area contributed by atoms with Gasteiger partial charge in [-0.05, 0) is 67.1 Å². The zero-order valence-corrected chi connectivity index (χ0v) is 41.2. The predicted octanol–water partition coefficient (Wildman–Crippen LogP) is -0.451. The number of aliphatic carboxylic acids is 1. The number of likely N-dealkylation sites (N-methyl/N-ethyl adjacent to an activating group) is 1. The lowest BCUT2D eigenvalue weighted by atomic mass is 9.86. The number of nitrogens with one attached hydrogen (secondary N) is 4. The molecular formula is C47H62N10O13S. The molecule has 2 heterocycles. The van der Waals surface area contributed by atoms with Gasteiger partial charge in [0.1, 0.15) is 55.3 Å². The average Bonchev–Trinajstić information content (AvgIpc) is 3.30. The van der Waals surface area contributed by atoms with E-state index in [-0.39, 0.29) is 76.7 Å². The van der Waals surface area contributed by atoms with Crippen LogP contribution in [0.2, 0.25) is 0 Å². The van der Waals surface area contributed by atoms with E-state index in [1.165, 1.54) is 37.3 Å². The minimum absolute atomic E-state index is 0.0154. The lowest BCUT2D eigenvalue weighted by Crippen LogP contribution is -2.57. The van der Waals surface area contributed by atoms with Gasteiger partial charge in [0.25, 0.3) is 16.1 Å². The number of rotatable bonds is 17. The Bertz CT molecular complexity index is 2730. The Hall–Kier alpha value is -6.80. The van der Waals surface area contributed by atoms with E-state index in [9.17, 15) is 52.8 Å². The van der Waals surface area contributed by atoms with Crippen molar-refractivity contribution in [3.63, 3.8) is 0 Å². The first-order valence-corrected chi connectivity index (χ1v) is 23.9. The highest BCUT2D eigenvalue weighted by Gasteiger charge is 2.38. The number of fused-ring (bicyclic) bond motifs is 5. The van der Waals surface area contributed by atoms with E-state index in [2.05, 4.69) is 46.7 Å². The zero-order chi connectivity index (χ0) is 52.7. The van der Waals surface area contributed by atoms with E-state index in [4.69, 9.17) is 26.1 Å². The molecule has 0 saturated heterocycles. The molecule has 0 saturated carbocycles. The molecule has 24 heteroatoms. The summed E-state index contributed by atoms with van der Waals surface area (Å²) in [6.45, 7) is 8.47. The number of carboxylic acid groups (broad SMARTS) is 1. The molecule has 3 aromatic carbocycles.